The van der Waals surface area contributed by atoms with Gasteiger partial charge in [0, 0.05) is 23.5 Å². The van der Waals surface area contributed by atoms with Gasteiger partial charge in [0.2, 0.25) is 10.0 Å². The van der Waals surface area contributed by atoms with Crippen molar-refractivity contribution < 1.29 is 18.3 Å². The van der Waals surface area contributed by atoms with Gasteiger partial charge in [-0.25, -0.2) is 8.42 Å². The predicted molar refractivity (Wildman–Crippen MR) is 103 cm³/mol. The van der Waals surface area contributed by atoms with Crippen LogP contribution in [-0.2, 0) is 10.0 Å². The summed E-state index contributed by atoms with van der Waals surface area (Å²) < 4.78 is 27.0. The summed E-state index contributed by atoms with van der Waals surface area (Å²) in [5.74, 6) is -0.291. The van der Waals surface area contributed by atoms with Crippen LogP contribution < -0.4 is 5.32 Å². The predicted octanol–water partition coefficient (Wildman–Crippen LogP) is 3.78. The number of rotatable bonds is 4. The van der Waals surface area contributed by atoms with Gasteiger partial charge in [-0.1, -0.05) is 18.5 Å². The van der Waals surface area contributed by atoms with E-state index in [4.69, 9.17) is 11.6 Å². The summed E-state index contributed by atoms with van der Waals surface area (Å²) in [6.45, 7) is 3.03. The van der Waals surface area contributed by atoms with Crippen LogP contribution in [-0.4, -0.2) is 36.8 Å². The summed E-state index contributed by atoms with van der Waals surface area (Å²) in [5.41, 5.74) is 0.171. The highest BCUT2D eigenvalue weighted by molar-refractivity contribution is 7.89. The molecule has 0 aliphatic carbocycles. The fourth-order valence-electron chi connectivity index (χ4n) is 2.88. The third kappa shape index (κ3) is 4.03. The number of benzene rings is 1. The molecule has 0 unspecified atom stereocenters. The molecule has 1 aliphatic rings. The lowest BCUT2D eigenvalue weighted by Gasteiger charge is -2.29. The Kier molecular flexibility index (Phi) is 5.57. The maximum absolute atomic E-state index is 12.8. The van der Waals surface area contributed by atoms with E-state index in [0.29, 0.717) is 24.0 Å². The lowest BCUT2D eigenvalue weighted by Crippen LogP contribution is -2.38. The number of anilines is 1. The van der Waals surface area contributed by atoms with Gasteiger partial charge >= 0.3 is 0 Å². The second-order valence-corrected chi connectivity index (χ2v) is 9.66. The van der Waals surface area contributed by atoms with E-state index in [-0.39, 0.29) is 21.2 Å². The Morgan fingerprint density at radius 3 is 2.88 bits per heavy atom. The van der Waals surface area contributed by atoms with Crippen LogP contribution in [0.1, 0.15) is 29.4 Å². The molecule has 1 amide bonds. The van der Waals surface area contributed by atoms with Gasteiger partial charge in [0.05, 0.1) is 15.5 Å². The summed E-state index contributed by atoms with van der Waals surface area (Å²) in [7, 11) is -3.60. The smallest absolute Gasteiger partial charge is 0.265 e. The molecule has 0 saturated carbocycles. The lowest BCUT2D eigenvalue weighted by molar-refractivity contribution is 0.103. The molecular formula is C17H19ClN2O4S2. The van der Waals surface area contributed by atoms with Gasteiger partial charge in [-0.15, -0.1) is 11.3 Å². The average molecular weight is 415 g/mol. The van der Waals surface area contributed by atoms with Crippen LogP contribution in [0.2, 0.25) is 5.02 Å². The number of hydrogen-bond acceptors (Lipinski definition) is 5. The molecule has 1 aromatic carbocycles. The molecule has 6 nitrogen and oxygen atoms in total. The first-order valence-electron chi connectivity index (χ1n) is 8.16. The van der Waals surface area contributed by atoms with Crippen molar-refractivity contribution in [1.82, 2.24) is 4.31 Å². The maximum atomic E-state index is 12.8. The Morgan fingerprint density at radius 2 is 2.15 bits per heavy atom. The van der Waals surface area contributed by atoms with Crippen LogP contribution in [0.15, 0.2) is 34.5 Å². The Hall–Kier alpha value is -1.61. The number of piperidine rings is 1. The number of phenolic OH excluding ortho intramolecular Hbond substituents is 1. The number of thiophene rings is 1. The highest BCUT2D eigenvalue weighted by atomic mass is 35.5. The SMILES string of the molecule is C[C@@H]1CCCN(S(=O)(=O)c2csc(C(=O)Nc3cc(Cl)ccc3O)c2)C1. The van der Waals surface area contributed by atoms with Crippen molar-refractivity contribution >= 4 is 44.6 Å². The molecule has 1 fully saturated rings. The minimum absolute atomic E-state index is 0.116. The molecule has 1 aromatic heterocycles. The van der Waals surface area contributed by atoms with Crippen LogP contribution in [0.5, 0.6) is 5.75 Å². The highest BCUT2D eigenvalue weighted by Gasteiger charge is 2.30. The molecule has 26 heavy (non-hydrogen) atoms. The number of aromatic hydroxyl groups is 1. The quantitative estimate of drug-likeness (QED) is 0.745. The van der Waals surface area contributed by atoms with E-state index in [1.165, 1.54) is 34.0 Å². The van der Waals surface area contributed by atoms with Gasteiger partial charge in [-0.2, -0.15) is 4.31 Å². The summed E-state index contributed by atoms with van der Waals surface area (Å²) >= 11 is 6.91. The molecule has 3 rings (SSSR count). The van der Waals surface area contributed by atoms with Crippen molar-refractivity contribution in [2.75, 3.05) is 18.4 Å². The summed E-state index contributed by atoms with van der Waals surface area (Å²) in [4.78, 5) is 12.7. The number of carbonyl (C=O) groups is 1. The van der Waals surface area contributed by atoms with Crippen molar-refractivity contribution in [3.8, 4) is 5.75 Å². The second-order valence-electron chi connectivity index (χ2n) is 6.37. The Bertz CT molecular complexity index is 927. The minimum Gasteiger partial charge on any atom is -0.506 e. The summed E-state index contributed by atoms with van der Waals surface area (Å²) in [6, 6.07) is 5.67. The Labute approximate surface area is 161 Å². The fourth-order valence-corrected chi connectivity index (χ4v) is 5.81. The van der Waals surface area contributed by atoms with E-state index in [0.717, 1.165) is 24.2 Å². The maximum Gasteiger partial charge on any atom is 0.265 e. The van der Waals surface area contributed by atoms with E-state index >= 15 is 0 Å². The number of halogens is 1. The fraction of sp³-hybridized carbons (Fsp3) is 0.353. The van der Waals surface area contributed by atoms with Crippen LogP contribution in [0.4, 0.5) is 5.69 Å². The summed E-state index contributed by atoms with van der Waals surface area (Å²) in [5, 5.41) is 14.2. The van der Waals surface area contributed by atoms with E-state index in [1.54, 1.807) is 0 Å². The van der Waals surface area contributed by atoms with E-state index < -0.39 is 15.9 Å². The molecule has 2 N–H and O–H groups in total. The van der Waals surface area contributed by atoms with Crippen LogP contribution in [0.25, 0.3) is 0 Å². The van der Waals surface area contributed by atoms with E-state index in [1.807, 2.05) is 6.92 Å². The number of nitrogens with zero attached hydrogens (tertiary/aromatic N) is 1. The van der Waals surface area contributed by atoms with E-state index in [2.05, 4.69) is 5.32 Å². The standard InChI is InChI=1S/C17H19ClN2O4S2/c1-11-3-2-6-20(9-11)26(23,24)13-8-16(25-10-13)17(22)19-14-7-12(18)4-5-15(14)21/h4-5,7-8,10-11,21H,2-3,6,9H2,1H3,(H,19,22)/t11-/m1/s1. The monoisotopic (exact) mass is 414 g/mol. The van der Waals surface area contributed by atoms with Crippen LogP contribution >= 0.6 is 22.9 Å². The number of nitrogens with one attached hydrogen (secondary N) is 1. The van der Waals surface area contributed by atoms with Gasteiger partial charge in [0.15, 0.2) is 0 Å². The molecule has 140 valence electrons. The molecular weight excluding hydrogens is 396 g/mol. The van der Waals surface area contributed by atoms with Crippen LogP contribution in [0, 0.1) is 5.92 Å². The number of amides is 1. The van der Waals surface area contributed by atoms with E-state index in [9.17, 15) is 18.3 Å². The minimum atomic E-state index is -3.60. The molecule has 9 heteroatoms. The van der Waals surface area contributed by atoms with Crippen molar-refractivity contribution in [2.45, 2.75) is 24.7 Å². The van der Waals surface area contributed by atoms with Crippen molar-refractivity contribution in [2.24, 2.45) is 5.92 Å². The number of hydrogen-bond donors (Lipinski definition) is 2. The second kappa shape index (κ2) is 7.56. The number of phenols is 1. The zero-order chi connectivity index (χ0) is 18.9. The molecule has 1 aliphatic heterocycles. The van der Waals surface area contributed by atoms with Crippen molar-refractivity contribution in [1.29, 1.82) is 0 Å². The number of sulfonamides is 1. The van der Waals surface area contributed by atoms with Gasteiger partial charge < -0.3 is 10.4 Å². The molecule has 1 atom stereocenters. The van der Waals surface area contributed by atoms with Gasteiger partial charge in [0.1, 0.15) is 5.75 Å². The number of carbonyl (C=O) groups excluding carboxylic acids is 1. The highest BCUT2D eigenvalue weighted by Crippen LogP contribution is 2.29. The average Bonchev–Trinajstić information content (AvgIpc) is 3.09. The third-order valence-electron chi connectivity index (χ3n) is 4.26. The molecule has 2 heterocycles. The molecule has 1 saturated heterocycles. The molecule has 0 radical (unpaired) electrons. The van der Waals surface area contributed by atoms with Gasteiger partial charge in [-0.05, 0) is 43.0 Å². The molecule has 2 aromatic rings. The van der Waals surface area contributed by atoms with Gasteiger partial charge in [0.25, 0.3) is 5.91 Å². The van der Waals surface area contributed by atoms with Gasteiger partial charge in [-0.3, -0.25) is 4.79 Å². The Balaban J connectivity index is 1.78. The zero-order valence-corrected chi connectivity index (χ0v) is 16.5. The summed E-state index contributed by atoms with van der Waals surface area (Å²) in [6.07, 6.45) is 1.86. The first-order valence-corrected chi connectivity index (χ1v) is 10.9. The van der Waals surface area contributed by atoms with Crippen molar-refractivity contribution in [3.63, 3.8) is 0 Å². The normalized spacial score (nSPS) is 18.6. The molecule has 0 spiro atoms. The zero-order valence-electron chi connectivity index (χ0n) is 14.1. The van der Waals surface area contributed by atoms with Crippen molar-refractivity contribution in [3.05, 3.63) is 39.5 Å². The topological polar surface area (TPSA) is 86.7 Å². The first-order chi connectivity index (χ1) is 12.3. The molecule has 0 bridgehead atoms. The third-order valence-corrected chi connectivity index (χ3v) is 7.42. The first kappa shape index (κ1) is 19.2. The largest absolute Gasteiger partial charge is 0.506 e. The van der Waals surface area contributed by atoms with Crippen LogP contribution in [0.3, 0.4) is 0 Å². The lowest BCUT2D eigenvalue weighted by atomic mass is 10.0. The Morgan fingerprint density at radius 1 is 1.38 bits per heavy atom.